The van der Waals surface area contributed by atoms with Crippen LogP contribution in [-0.2, 0) is 13.0 Å². The first-order valence-corrected chi connectivity index (χ1v) is 10.5. The summed E-state index contributed by atoms with van der Waals surface area (Å²) >= 11 is 6.15. The Morgan fingerprint density at radius 3 is 2.28 bits per heavy atom. The highest BCUT2D eigenvalue weighted by Gasteiger charge is 2.12. The van der Waals surface area contributed by atoms with Crippen LogP contribution in [0.1, 0.15) is 21.5 Å². The minimum atomic E-state index is -0.174. The molecule has 0 spiro atoms. The average molecular weight is 456 g/mol. The van der Waals surface area contributed by atoms with Gasteiger partial charge in [0.15, 0.2) is 11.5 Å². The first-order chi connectivity index (χ1) is 15.5. The lowest BCUT2D eigenvalue weighted by Gasteiger charge is -2.13. The predicted molar refractivity (Wildman–Crippen MR) is 124 cm³/mol. The molecule has 3 aromatic carbocycles. The SMILES string of the molecule is COc1ccc(C(=O)NCCc2ccc(OC)c(OC)c2)cc1COc1ccccc1Cl. The third-order valence-electron chi connectivity index (χ3n) is 4.91. The molecule has 1 N–H and O–H groups in total. The highest BCUT2D eigenvalue weighted by molar-refractivity contribution is 6.32. The van der Waals surface area contributed by atoms with Crippen molar-refractivity contribution in [2.24, 2.45) is 0 Å². The number of amides is 1. The zero-order chi connectivity index (χ0) is 22.9. The summed E-state index contributed by atoms with van der Waals surface area (Å²) in [6.07, 6.45) is 0.657. The number of rotatable bonds is 10. The molecule has 3 aromatic rings. The highest BCUT2D eigenvalue weighted by Crippen LogP contribution is 2.28. The fourth-order valence-electron chi connectivity index (χ4n) is 3.21. The molecule has 168 valence electrons. The van der Waals surface area contributed by atoms with Crippen molar-refractivity contribution >= 4 is 17.5 Å². The smallest absolute Gasteiger partial charge is 0.251 e. The minimum absolute atomic E-state index is 0.174. The normalized spacial score (nSPS) is 10.4. The zero-order valence-electron chi connectivity index (χ0n) is 18.3. The predicted octanol–water partition coefficient (Wildman–Crippen LogP) is 4.92. The van der Waals surface area contributed by atoms with Gasteiger partial charge in [-0.2, -0.15) is 0 Å². The second kappa shape index (κ2) is 11.3. The average Bonchev–Trinajstić information content (AvgIpc) is 2.83. The van der Waals surface area contributed by atoms with Gasteiger partial charge in [-0.15, -0.1) is 0 Å². The molecule has 0 unspecified atom stereocenters. The van der Waals surface area contributed by atoms with E-state index in [0.717, 1.165) is 11.1 Å². The topological polar surface area (TPSA) is 66.0 Å². The number of para-hydroxylation sites is 1. The third kappa shape index (κ3) is 5.86. The molecule has 0 radical (unpaired) electrons. The van der Waals surface area contributed by atoms with Crippen LogP contribution in [0.15, 0.2) is 60.7 Å². The number of benzene rings is 3. The summed E-state index contributed by atoms with van der Waals surface area (Å²) < 4.78 is 21.8. The third-order valence-corrected chi connectivity index (χ3v) is 5.22. The van der Waals surface area contributed by atoms with E-state index in [1.54, 1.807) is 51.7 Å². The Kier molecular flexibility index (Phi) is 8.22. The monoisotopic (exact) mass is 455 g/mol. The van der Waals surface area contributed by atoms with Gasteiger partial charge in [-0.1, -0.05) is 29.8 Å². The number of hydrogen-bond donors (Lipinski definition) is 1. The Labute approximate surface area is 193 Å². The lowest BCUT2D eigenvalue weighted by molar-refractivity contribution is 0.0954. The molecule has 0 bridgehead atoms. The van der Waals surface area contributed by atoms with Crippen LogP contribution in [0.2, 0.25) is 5.02 Å². The number of nitrogens with one attached hydrogen (secondary N) is 1. The molecule has 0 saturated heterocycles. The highest BCUT2D eigenvalue weighted by atomic mass is 35.5. The fourth-order valence-corrected chi connectivity index (χ4v) is 3.40. The van der Waals surface area contributed by atoms with Crippen LogP contribution in [0.4, 0.5) is 0 Å². The molecule has 0 heterocycles. The number of hydrogen-bond acceptors (Lipinski definition) is 5. The van der Waals surface area contributed by atoms with Gasteiger partial charge in [-0.3, -0.25) is 4.79 Å². The number of methoxy groups -OCH3 is 3. The van der Waals surface area contributed by atoms with Crippen molar-refractivity contribution in [2.75, 3.05) is 27.9 Å². The maximum Gasteiger partial charge on any atom is 0.251 e. The van der Waals surface area contributed by atoms with Gasteiger partial charge in [-0.05, 0) is 54.4 Å². The number of carbonyl (C=O) groups is 1. The quantitative estimate of drug-likeness (QED) is 0.470. The number of ether oxygens (including phenoxy) is 4. The van der Waals surface area contributed by atoms with Crippen LogP contribution in [-0.4, -0.2) is 33.8 Å². The van der Waals surface area contributed by atoms with E-state index in [9.17, 15) is 4.79 Å². The van der Waals surface area contributed by atoms with Gasteiger partial charge in [0.05, 0.1) is 26.4 Å². The van der Waals surface area contributed by atoms with E-state index in [1.807, 2.05) is 30.3 Å². The molecular formula is C25H26ClNO5. The van der Waals surface area contributed by atoms with Crippen molar-refractivity contribution in [1.82, 2.24) is 5.32 Å². The van der Waals surface area contributed by atoms with E-state index >= 15 is 0 Å². The van der Waals surface area contributed by atoms with Gasteiger partial charge in [0.1, 0.15) is 18.1 Å². The molecule has 0 saturated carbocycles. The molecule has 0 aliphatic heterocycles. The summed E-state index contributed by atoms with van der Waals surface area (Å²) in [4.78, 5) is 12.7. The number of carbonyl (C=O) groups excluding carboxylic acids is 1. The molecule has 1 amide bonds. The Morgan fingerprint density at radius 1 is 0.844 bits per heavy atom. The minimum Gasteiger partial charge on any atom is -0.496 e. The molecule has 0 atom stereocenters. The first kappa shape index (κ1) is 23.3. The molecule has 7 heteroatoms. The molecular weight excluding hydrogens is 430 g/mol. The second-order valence-corrected chi connectivity index (χ2v) is 7.35. The van der Waals surface area contributed by atoms with Crippen LogP contribution in [0, 0.1) is 0 Å². The van der Waals surface area contributed by atoms with E-state index in [4.69, 9.17) is 30.5 Å². The Balaban J connectivity index is 1.62. The van der Waals surface area contributed by atoms with Crippen molar-refractivity contribution < 1.29 is 23.7 Å². The molecule has 0 aliphatic carbocycles. The van der Waals surface area contributed by atoms with E-state index in [0.29, 0.717) is 46.5 Å². The molecule has 6 nitrogen and oxygen atoms in total. The molecule has 3 rings (SSSR count). The van der Waals surface area contributed by atoms with E-state index in [-0.39, 0.29) is 12.5 Å². The van der Waals surface area contributed by atoms with Gasteiger partial charge < -0.3 is 24.3 Å². The van der Waals surface area contributed by atoms with Crippen LogP contribution >= 0.6 is 11.6 Å². The van der Waals surface area contributed by atoms with Crippen LogP contribution in [0.5, 0.6) is 23.0 Å². The Bertz CT molecular complexity index is 1070. The lowest BCUT2D eigenvalue weighted by atomic mass is 10.1. The van der Waals surface area contributed by atoms with Gasteiger partial charge in [0.25, 0.3) is 5.91 Å². The van der Waals surface area contributed by atoms with Crippen LogP contribution in [0.3, 0.4) is 0 Å². The van der Waals surface area contributed by atoms with Gasteiger partial charge in [0, 0.05) is 17.7 Å². The standard InChI is InChI=1S/C25H26ClNO5/c1-29-21-11-9-18(15-19(21)16-32-22-7-5-4-6-20(22)26)25(28)27-13-12-17-8-10-23(30-2)24(14-17)31-3/h4-11,14-15H,12-13,16H2,1-3H3,(H,27,28). The van der Waals surface area contributed by atoms with Crippen molar-refractivity contribution in [3.63, 3.8) is 0 Å². The lowest BCUT2D eigenvalue weighted by Crippen LogP contribution is -2.25. The summed E-state index contributed by atoms with van der Waals surface area (Å²) in [6.45, 7) is 0.700. The molecule has 0 aliphatic rings. The zero-order valence-corrected chi connectivity index (χ0v) is 19.1. The maximum absolute atomic E-state index is 12.7. The van der Waals surface area contributed by atoms with Crippen LogP contribution in [0.25, 0.3) is 0 Å². The summed E-state index contributed by atoms with van der Waals surface area (Å²) in [6, 6.07) is 18.2. The molecule has 0 aromatic heterocycles. The first-order valence-electron chi connectivity index (χ1n) is 10.1. The Hall–Kier alpha value is -3.38. The summed E-state index contributed by atoms with van der Waals surface area (Å²) in [5.74, 6) is 2.37. The molecule has 32 heavy (non-hydrogen) atoms. The summed E-state index contributed by atoms with van der Waals surface area (Å²) in [7, 11) is 4.78. The van der Waals surface area contributed by atoms with E-state index < -0.39 is 0 Å². The molecule has 0 fully saturated rings. The van der Waals surface area contributed by atoms with Gasteiger partial charge >= 0.3 is 0 Å². The second-order valence-electron chi connectivity index (χ2n) is 6.94. The van der Waals surface area contributed by atoms with Crippen molar-refractivity contribution in [2.45, 2.75) is 13.0 Å². The Morgan fingerprint density at radius 2 is 1.56 bits per heavy atom. The van der Waals surface area contributed by atoms with Crippen LogP contribution < -0.4 is 24.3 Å². The number of halogens is 1. The summed E-state index contributed by atoms with van der Waals surface area (Å²) in [5, 5.41) is 3.47. The van der Waals surface area contributed by atoms with Crippen molar-refractivity contribution in [3.8, 4) is 23.0 Å². The van der Waals surface area contributed by atoms with E-state index in [2.05, 4.69) is 5.32 Å². The maximum atomic E-state index is 12.7. The summed E-state index contributed by atoms with van der Waals surface area (Å²) in [5.41, 5.74) is 2.31. The van der Waals surface area contributed by atoms with Gasteiger partial charge in [-0.25, -0.2) is 0 Å². The van der Waals surface area contributed by atoms with Crippen molar-refractivity contribution in [3.05, 3.63) is 82.4 Å². The largest absolute Gasteiger partial charge is 0.496 e. The van der Waals surface area contributed by atoms with Crippen molar-refractivity contribution in [1.29, 1.82) is 0 Å². The fraction of sp³-hybridized carbons (Fsp3) is 0.240. The van der Waals surface area contributed by atoms with E-state index in [1.165, 1.54) is 0 Å². The van der Waals surface area contributed by atoms with Gasteiger partial charge in [0.2, 0.25) is 0 Å².